The molecule has 1 aromatic rings. The van der Waals surface area contributed by atoms with Gasteiger partial charge in [0.15, 0.2) is 0 Å². The number of amides is 2. The van der Waals surface area contributed by atoms with Gasteiger partial charge < -0.3 is 15.5 Å². The molecule has 0 aromatic heterocycles. The minimum atomic E-state index is -0.133. The first-order chi connectivity index (χ1) is 9.90. The zero-order chi connectivity index (χ0) is 15.6. The lowest BCUT2D eigenvalue weighted by atomic mass is 10.1. The SMILES string of the molecule is CC(C)C(=O)N1CCN(C(=O)c2cc(Cl)ccc2N)CC1. The Morgan fingerprint density at radius 3 is 2.29 bits per heavy atom. The van der Waals surface area contributed by atoms with E-state index in [0.29, 0.717) is 42.5 Å². The second kappa shape index (κ2) is 6.35. The molecule has 1 heterocycles. The van der Waals surface area contributed by atoms with Crippen LogP contribution in [0, 0.1) is 5.92 Å². The number of nitrogen functional groups attached to an aromatic ring is 1. The van der Waals surface area contributed by atoms with Crippen LogP contribution in [0.15, 0.2) is 18.2 Å². The van der Waals surface area contributed by atoms with Crippen LogP contribution in [-0.2, 0) is 4.79 Å². The van der Waals surface area contributed by atoms with Gasteiger partial charge in [0.25, 0.3) is 5.91 Å². The Hall–Kier alpha value is -1.75. The van der Waals surface area contributed by atoms with Crippen molar-refractivity contribution >= 4 is 29.1 Å². The molecule has 2 amide bonds. The van der Waals surface area contributed by atoms with E-state index in [1.54, 1.807) is 28.0 Å². The van der Waals surface area contributed by atoms with Gasteiger partial charge in [-0.15, -0.1) is 0 Å². The molecule has 2 rings (SSSR count). The quantitative estimate of drug-likeness (QED) is 0.848. The van der Waals surface area contributed by atoms with E-state index >= 15 is 0 Å². The van der Waals surface area contributed by atoms with E-state index in [-0.39, 0.29) is 17.7 Å². The van der Waals surface area contributed by atoms with Gasteiger partial charge >= 0.3 is 0 Å². The van der Waals surface area contributed by atoms with Crippen LogP contribution >= 0.6 is 11.6 Å². The molecule has 1 saturated heterocycles. The number of piperazine rings is 1. The normalized spacial score (nSPS) is 15.4. The first-order valence-corrected chi connectivity index (χ1v) is 7.41. The van der Waals surface area contributed by atoms with Crippen LogP contribution < -0.4 is 5.73 Å². The highest BCUT2D eigenvalue weighted by Gasteiger charge is 2.26. The van der Waals surface area contributed by atoms with E-state index in [0.717, 1.165) is 0 Å². The van der Waals surface area contributed by atoms with Gasteiger partial charge in [-0.05, 0) is 18.2 Å². The molecule has 6 heteroatoms. The summed E-state index contributed by atoms with van der Waals surface area (Å²) in [6.07, 6.45) is 0. The summed E-state index contributed by atoms with van der Waals surface area (Å²) in [4.78, 5) is 27.9. The highest BCUT2D eigenvalue weighted by atomic mass is 35.5. The molecule has 0 spiro atoms. The summed E-state index contributed by atoms with van der Waals surface area (Å²) >= 11 is 5.92. The Balaban J connectivity index is 2.03. The lowest BCUT2D eigenvalue weighted by Crippen LogP contribution is -2.51. The predicted octanol–water partition coefficient (Wildman–Crippen LogP) is 1.86. The van der Waals surface area contributed by atoms with Gasteiger partial charge in [-0.1, -0.05) is 25.4 Å². The molecule has 114 valence electrons. The van der Waals surface area contributed by atoms with Crippen molar-refractivity contribution in [1.82, 2.24) is 9.80 Å². The van der Waals surface area contributed by atoms with Crippen LogP contribution in [0.4, 0.5) is 5.69 Å². The molecule has 0 aliphatic carbocycles. The maximum atomic E-state index is 12.5. The first kappa shape index (κ1) is 15.6. The van der Waals surface area contributed by atoms with Crippen molar-refractivity contribution in [1.29, 1.82) is 0 Å². The number of carbonyl (C=O) groups excluding carboxylic acids is 2. The molecule has 0 atom stereocenters. The molecule has 0 bridgehead atoms. The topological polar surface area (TPSA) is 66.6 Å². The molecular formula is C15H20ClN3O2. The Bertz CT molecular complexity index is 552. The van der Waals surface area contributed by atoms with Crippen molar-refractivity contribution in [3.8, 4) is 0 Å². The van der Waals surface area contributed by atoms with Crippen LogP contribution in [0.3, 0.4) is 0 Å². The zero-order valence-corrected chi connectivity index (χ0v) is 13.1. The molecule has 2 N–H and O–H groups in total. The van der Waals surface area contributed by atoms with Crippen molar-refractivity contribution in [3.05, 3.63) is 28.8 Å². The molecule has 1 aliphatic rings. The monoisotopic (exact) mass is 309 g/mol. The van der Waals surface area contributed by atoms with E-state index in [4.69, 9.17) is 17.3 Å². The number of hydrogen-bond acceptors (Lipinski definition) is 3. The van der Waals surface area contributed by atoms with Crippen LogP contribution in [0.1, 0.15) is 24.2 Å². The van der Waals surface area contributed by atoms with Gasteiger partial charge in [-0.2, -0.15) is 0 Å². The predicted molar refractivity (Wildman–Crippen MR) is 83.2 cm³/mol. The van der Waals surface area contributed by atoms with Crippen molar-refractivity contribution in [2.45, 2.75) is 13.8 Å². The number of halogens is 1. The van der Waals surface area contributed by atoms with Gasteiger partial charge in [0.1, 0.15) is 0 Å². The maximum Gasteiger partial charge on any atom is 0.256 e. The molecule has 1 aliphatic heterocycles. The zero-order valence-electron chi connectivity index (χ0n) is 12.3. The fraction of sp³-hybridized carbons (Fsp3) is 0.467. The summed E-state index contributed by atoms with van der Waals surface area (Å²) in [5.41, 5.74) is 6.69. The van der Waals surface area contributed by atoms with E-state index in [2.05, 4.69) is 0 Å². The van der Waals surface area contributed by atoms with E-state index < -0.39 is 0 Å². The second-order valence-electron chi connectivity index (χ2n) is 5.50. The minimum Gasteiger partial charge on any atom is -0.398 e. The molecule has 0 radical (unpaired) electrons. The van der Waals surface area contributed by atoms with E-state index in [1.165, 1.54) is 0 Å². The van der Waals surface area contributed by atoms with Crippen molar-refractivity contribution in [3.63, 3.8) is 0 Å². The summed E-state index contributed by atoms with van der Waals surface area (Å²) in [5.74, 6) is -0.0214. The Kier molecular flexibility index (Phi) is 4.73. The van der Waals surface area contributed by atoms with Gasteiger partial charge in [-0.3, -0.25) is 9.59 Å². The largest absolute Gasteiger partial charge is 0.398 e. The van der Waals surface area contributed by atoms with Gasteiger partial charge in [-0.25, -0.2) is 0 Å². The number of nitrogens with two attached hydrogens (primary N) is 1. The average Bonchev–Trinajstić information content (AvgIpc) is 2.48. The fourth-order valence-electron chi connectivity index (χ4n) is 2.38. The van der Waals surface area contributed by atoms with Gasteiger partial charge in [0.05, 0.1) is 5.56 Å². The summed E-state index contributed by atoms with van der Waals surface area (Å²) in [6, 6.07) is 4.88. The first-order valence-electron chi connectivity index (χ1n) is 7.03. The van der Waals surface area contributed by atoms with Crippen LogP contribution in [0.25, 0.3) is 0 Å². The summed E-state index contributed by atoms with van der Waals surface area (Å²) in [6.45, 7) is 5.91. The van der Waals surface area contributed by atoms with Gasteiger partial charge in [0, 0.05) is 42.8 Å². The molecule has 21 heavy (non-hydrogen) atoms. The number of nitrogens with zero attached hydrogens (tertiary/aromatic N) is 2. The number of carbonyl (C=O) groups is 2. The molecular weight excluding hydrogens is 290 g/mol. The molecule has 1 aromatic carbocycles. The lowest BCUT2D eigenvalue weighted by Gasteiger charge is -2.35. The molecule has 1 fully saturated rings. The third-order valence-electron chi connectivity index (χ3n) is 3.62. The lowest BCUT2D eigenvalue weighted by molar-refractivity contribution is -0.135. The molecule has 5 nitrogen and oxygen atoms in total. The van der Waals surface area contributed by atoms with Crippen LogP contribution in [0.5, 0.6) is 0 Å². The number of benzene rings is 1. The molecule has 0 unspecified atom stereocenters. The average molecular weight is 310 g/mol. The Morgan fingerprint density at radius 1 is 1.14 bits per heavy atom. The minimum absolute atomic E-state index is 0.0178. The highest BCUT2D eigenvalue weighted by Crippen LogP contribution is 2.20. The fourth-order valence-corrected chi connectivity index (χ4v) is 2.55. The van der Waals surface area contributed by atoms with Crippen molar-refractivity contribution in [2.24, 2.45) is 5.92 Å². The summed E-state index contributed by atoms with van der Waals surface area (Å²) < 4.78 is 0. The summed E-state index contributed by atoms with van der Waals surface area (Å²) in [7, 11) is 0. The number of rotatable bonds is 2. The Labute approximate surface area is 129 Å². The van der Waals surface area contributed by atoms with Crippen LogP contribution in [0.2, 0.25) is 5.02 Å². The van der Waals surface area contributed by atoms with E-state index in [1.807, 2.05) is 13.8 Å². The molecule has 0 saturated carbocycles. The highest BCUT2D eigenvalue weighted by molar-refractivity contribution is 6.31. The third-order valence-corrected chi connectivity index (χ3v) is 3.85. The standard InChI is InChI=1S/C15H20ClN3O2/c1-10(2)14(20)18-5-7-19(8-6-18)15(21)12-9-11(16)3-4-13(12)17/h3-4,9-10H,5-8,17H2,1-2H3. The van der Waals surface area contributed by atoms with Crippen molar-refractivity contribution in [2.75, 3.05) is 31.9 Å². The Morgan fingerprint density at radius 2 is 1.71 bits per heavy atom. The third kappa shape index (κ3) is 3.47. The van der Waals surface area contributed by atoms with Gasteiger partial charge in [0.2, 0.25) is 5.91 Å². The number of hydrogen-bond donors (Lipinski definition) is 1. The number of anilines is 1. The second-order valence-corrected chi connectivity index (χ2v) is 5.94. The van der Waals surface area contributed by atoms with Crippen LogP contribution in [-0.4, -0.2) is 47.8 Å². The van der Waals surface area contributed by atoms with E-state index in [9.17, 15) is 9.59 Å². The smallest absolute Gasteiger partial charge is 0.256 e. The summed E-state index contributed by atoms with van der Waals surface area (Å²) in [5, 5.41) is 0.487. The maximum absolute atomic E-state index is 12.5. The van der Waals surface area contributed by atoms with Crippen molar-refractivity contribution < 1.29 is 9.59 Å².